The molecule has 20 heavy (non-hydrogen) atoms. The summed E-state index contributed by atoms with van der Waals surface area (Å²) in [6.07, 6.45) is 3.54. The van der Waals surface area contributed by atoms with Crippen molar-refractivity contribution >= 4 is 51.2 Å². The number of aryl methyl sites for hydroxylation is 1. The zero-order valence-corrected chi connectivity index (χ0v) is 14.3. The van der Waals surface area contributed by atoms with Crippen LogP contribution in [0.5, 0.6) is 0 Å². The van der Waals surface area contributed by atoms with Gasteiger partial charge < -0.3 is 5.32 Å². The molecule has 102 valence electrons. The Morgan fingerprint density at radius 1 is 1.40 bits per heavy atom. The molecule has 5 heteroatoms. The fourth-order valence-electron chi connectivity index (χ4n) is 2.57. The average Bonchev–Trinajstić information content (AvgIpc) is 2.80. The molecule has 1 aromatic heterocycles. The lowest BCUT2D eigenvalue weighted by Crippen LogP contribution is -2.15. The van der Waals surface area contributed by atoms with Gasteiger partial charge in [0.05, 0.1) is 19.5 Å². The third kappa shape index (κ3) is 2.80. The Hall–Kier alpha value is -0.770. The van der Waals surface area contributed by atoms with Gasteiger partial charge in [-0.3, -0.25) is 0 Å². The number of rotatable bonds is 2. The highest BCUT2D eigenvalue weighted by molar-refractivity contribution is 14.1. The van der Waals surface area contributed by atoms with E-state index in [2.05, 4.69) is 40.0 Å². The van der Waals surface area contributed by atoms with Crippen molar-refractivity contribution < 1.29 is 0 Å². The van der Waals surface area contributed by atoms with Crippen molar-refractivity contribution in [3.05, 3.63) is 48.2 Å². The van der Waals surface area contributed by atoms with Crippen LogP contribution < -0.4 is 5.32 Å². The van der Waals surface area contributed by atoms with E-state index in [1.165, 1.54) is 26.2 Å². The molecule has 1 aliphatic rings. The molecule has 1 aromatic carbocycles. The summed E-state index contributed by atoms with van der Waals surface area (Å²) in [6, 6.07) is 10.3. The molecule has 3 rings (SSSR count). The number of anilines is 1. The van der Waals surface area contributed by atoms with Crippen LogP contribution in [-0.2, 0) is 6.42 Å². The first-order valence-corrected chi connectivity index (χ1v) is 8.69. The van der Waals surface area contributed by atoms with Gasteiger partial charge in [-0.05, 0) is 71.7 Å². The van der Waals surface area contributed by atoms with Gasteiger partial charge in [0.2, 0.25) is 0 Å². The number of nitrogens with one attached hydrogen (secondary N) is 1. The number of nitrogens with zero attached hydrogens (tertiary/aromatic N) is 1. The minimum atomic E-state index is 0.350. The predicted molar refractivity (Wildman–Crippen MR) is 92.5 cm³/mol. The Morgan fingerprint density at radius 3 is 3.00 bits per heavy atom. The summed E-state index contributed by atoms with van der Waals surface area (Å²) in [6.45, 7) is 0. The molecule has 2 aromatic rings. The maximum atomic E-state index is 8.91. The van der Waals surface area contributed by atoms with Crippen LogP contribution in [0.2, 0.25) is 5.02 Å². The number of halogens is 2. The topological polar surface area (TPSA) is 35.8 Å². The van der Waals surface area contributed by atoms with Gasteiger partial charge in [0.15, 0.2) is 0 Å². The van der Waals surface area contributed by atoms with Gasteiger partial charge in [0.1, 0.15) is 6.07 Å². The number of benzene rings is 1. The number of hydrogen-bond acceptors (Lipinski definition) is 3. The molecular weight excluding hydrogens is 403 g/mol. The second kappa shape index (κ2) is 5.92. The van der Waals surface area contributed by atoms with Crippen LogP contribution in [0.3, 0.4) is 0 Å². The third-order valence-corrected chi connectivity index (χ3v) is 5.80. The van der Waals surface area contributed by atoms with Gasteiger partial charge in [0.25, 0.3) is 0 Å². The fourth-order valence-corrected chi connectivity index (χ4v) is 4.91. The molecule has 0 radical (unpaired) electrons. The maximum absolute atomic E-state index is 8.91. The summed E-state index contributed by atoms with van der Waals surface area (Å²) in [5.41, 5.74) is 2.92. The van der Waals surface area contributed by atoms with Gasteiger partial charge in [-0.15, -0.1) is 11.3 Å². The second-order valence-electron chi connectivity index (χ2n) is 4.82. The van der Waals surface area contributed by atoms with Crippen LogP contribution in [-0.4, -0.2) is 0 Å². The molecule has 0 amide bonds. The van der Waals surface area contributed by atoms with Crippen molar-refractivity contribution in [3.8, 4) is 6.07 Å². The van der Waals surface area contributed by atoms with Crippen LogP contribution in [0, 0.1) is 14.2 Å². The Kier molecular flexibility index (Phi) is 4.20. The highest BCUT2D eigenvalue weighted by atomic mass is 127. The largest absolute Gasteiger partial charge is 0.378 e. The first kappa shape index (κ1) is 14.2. The van der Waals surface area contributed by atoms with E-state index in [9.17, 15) is 0 Å². The minimum absolute atomic E-state index is 0.350. The Bertz CT molecular complexity index is 690. The van der Waals surface area contributed by atoms with E-state index >= 15 is 0 Å². The summed E-state index contributed by atoms with van der Waals surface area (Å²) in [5, 5.41) is 13.0. The Labute approximate surface area is 140 Å². The fraction of sp³-hybridized carbons (Fsp3) is 0.267. The highest BCUT2D eigenvalue weighted by Crippen LogP contribution is 2.38. The van der Waals surface area contributed by atoms with Crippen molar-refractivity contribution in [3.63, 3.8) is 0 Å². The quantitative estimate of drug-likeness (QED) is 0.671. The zero-order valence-electron chi connectivity index (χ0n) is 10.6. The summed E-state index contributed by atoms with van der Waals surface area (Å²) in [4.78, 5) is 1.50. The summed E-state index contributed by atoms with van der Waals surface area (Å²) < 4.78 is 1.35. The van der Waals surface area contributed by atoms with Gasteiger partial charge in [-0.2, -0.15) is 5.26 Å². The molecule has 2 nitrogen and oxygen atoms in total. The third-order valence-electron chi connectivity index (χ3n) is 3.51. The molecule has 1 N–H and O–H groups in total. The van der Waals surface area contributed by atoms with Crippen LogP contribution >= 0.6 is 45.5 Å². The first-order chi connectivity index (χ1) is 9.67. The van der Waals surface area contributed by atoms with Crippen LogP contribution in [0.1, 0.15) is 34.9 Å². The van der Waals surface area contributed by atoms with E-state index in [0.717, 1.165) is 12.1 Å². The lowest BCUT2D eigenvalue weighted by atomic mass is 9.94. The van der Waals surface area contributed by atoms with Gasteiger partial charge in [-0.25, -0.2) is 0 Å². The molecule has 0 fully saturated rings. The number of nitriles is 1. The smallest absolute Gasteiger partial charge is 0.101 e. The standard InChI is InChI=1S/C15H12ClIN2S/c16-12-6-10(5-4-9(12)8-18)19-13-2-1-3-14-11(13)7-15(17)20-14/h4-7,13,19H,1-3H2. The SMILES string of the molecule is N#Cc1ccc(NC2CCCc3sc(I)cc32)cc1Cl. The number of fused-ring (bicyclic) bond motifs is 1. The Morgan fingerprint density at radius 2 is 2.25 bits per heavy atom. The summed E-state index contributed by atoms with van der Waals surface area (Å²) in [7, 11) is 0. The molecule has 1 aliphatic carbocycles. The number of thiophene rings is 1. The monoisotopic (exact) mass is 414 g/mol. The maximum Gasteiger partial charge on any atom is 0.101 e. The van der Waals surface area contributed by atoms with E-state index in [4.69, 9.17) is 16.9 Å². The normalized spacial score (nSPS) is 17.4. The molecule has 0 saturated heterocycles. The molecule has 0 saturated carbocycles. The van der Waals surface area contributed by atoms with E-state index in [1.54, 1.807) is 6.07 Å². The van der Waals surface area contributed by atoms with E-state index < -0.39 is 0 Å². The van der Waals surface area contributed by atoms with Crippen LogP contribution in [0.15, 0.2) is 24.3 Å². The minimum Gasteiger partial charge on any atom is -0.378 e. The van der Waals surface area contributed by atoms with Gasteiger partial charge in [-0.1, -0.05) is 11.6 Å². The van der Waals surface area contributed by atoms with Crippen LogP contribution in [0.4, 0.5) is 5.69 Å². The van der Waals surface area contributed by atoms with E-state index in [-0.39, 0.29) is 0 Å². The molecular formula is C15H12ClIN2S. The van der Waals surface area contributed by atoms with Gasteiger partial charge >= 0.3 is 0 Å². The lowest BCUT2D eigenvalue weighted by molar-refractivity contribution is 0.609. The molecule has 0 aliphatic heterocycles. The van der Waals surface area contributed by atoms with E-state index in [1.807, 2.05) is 23.5 Å². The number of hydrogen-bond donors (Lipinski definition) is 1. The molecule has 1 atom stereocenters. The lowest BCUT2D eigenvalue weighted by Gasteiger charge is -2.24. The van der Waals surface area contributed by atoms with Crippen molar-refractivity contribution in [2.24, 2.45) is 0 Å². The van der Waals surface area contributed by atoms with Crippen molar-refractivity contribution in [2.45, 2.75) is 25.3 Å². The summed E-state index contributed by atoms with van der Waals surface area (Å²) in [5.74, 6) is 0. The Balaban J connectivity index is 1.85. The second-order valence-corrected chi connectivity index (χ2v) is 8.26. The average molecular weight is 415 g/mol. The molecule has 0 bridgehead atoms. The zero-order chi connectivity index (χ0) is 14.1. The van der Waals surface area contributed by atoms with Crippen LogP contribution in [0.25, 0.3) is 0 Å². The van der Waals surface area contributed by atoms with Gasteiger partial charge in [0, 0.05) is 10.6 Å². The first-order valence-electron chi connectivity index (χ1n) is 6.41. The highest BCUT2D eigenvalue weighted by Gasteiger charge is 2.22. The van der Waals surface area contributed by atoms with E-state index in [0.29, 0.717) is 16.6 Å². The molecule has 1 unspecified atom stereocenters. The molecule has 1 heterocycles. The van der Waals surface area contributed by atoms with Crippen molar-refractivity contribution in [1.29, 1.82) is 5.26 Å². The van der Waals surface area contributed by atoms with Crippen molar-refractivity contribution in [2.75, 3.05) is 5.32 Å². The van der Waals surface area contributed by atoms with Crippen molar-refractivity contribution in [1.82, 2.24) is 0 Å². The predicted octanol–water partition coefficient (Wildman–Crippen LogP) is 5.37. The summed E-state index contributed by atoms with van der Waals surface area (Å²) >= 11 is 10.4. The molecule has 0 spiro atoms.